The molecule has 21 heavy (non-hydrogen) atoms. The molecule has 0 aliphatic rings. The number of pyridine rings is 1. The second-order valence-electron chi connectivity index (χ2n) is 4.99. The van der Waals surface area contributed by atoms with Crippen molar-refractivity contribution in [1.82, 2.24) is 4.98 Å². The maximum absolute atomic E-state index is 12.4. The Balaban J connectivity index is 1.96. The molecule has 0 aliphatic heterocycles. The Kier molecular flexibility index (Phi) is 3.28. The highest BCUT2D eigenvalue weighted by atomic mass is 16.1. The number of hydrogen-bond acceptors (Lipinski definition) is 3. The quantitative estimate of drug-likeness (QED) is 0.706. The molecule has 0 fully saturated rings. The van der Waals surface area contributed by atoms with E-state index in [1.54, 1.807) is 12.4 Å². The van der Waals surface area contributed by atoms with Crippen molar-refractivity contribution in [1.29, 1.82) is 0 Å². The van der Waals surface area contributed by atoms with Crippen molar-refractivity contribution >= 4 is 28.1 Å². The summed E-state index contributed by atoms with van der Waals surface area (Å²) < 4.78 is 0. The topological polar surface area (TPSA) is 68.0 Å². The molecule has 0 unspecified atom stereocenters. The van der Waals surface area contributed by atoms with Gasteiger partial charge in [-0.05, 0) is 41.5 Å². The van der Waals surface area contributed by atoms with Crippen LogP contribution in [-0.4, -0.2) is 10.9 Å². The molecule has 1 amide bonds. The third-order valence-electron chi connectivity index (χ3n) is 3.30. The SMILES string of the molecule is Cc1cncc(NC(=O)c2cc3ccccc3cc2N)c1. The molecule has 0 radical (unpaired) electrons. The largest absolute Gasteiger partial charge is 0.398 e. The van der Waals surface area contributed by atoms with E-state index in [0.29, 0.717) is 16.9 Å². The molecule has 4 heteroatoms. The van der Waals surface area contributed by atoms with E-state index in [1.807, 2.05) is 49.4 Å². The van der Waals surface area contributed by atoms with Crippen LogP contribution in [0.2, 0.25) is 0 Å². The number of benzene rings is 2. The van der Waals surface area contributed by atoms with Crippen LogP contribution in [0.1, 0.15) is 15.9 Å². The number of carbonyl (C=O) groups excluding carboxylic acids is 1. The van der Waals surface area contributed by atoms with Gasteiger partial charge in [-0.2, -0.15) is 0 Å². The number of carbonyl (C=O) groups is 1. The molecule has 0 bridgehead atoms. The van der Waals surface area contributed by atoms with Gasteiger partial charge in [-0.25, -0.2) is 0 Å². The van der Waals surface area contributed by atoms with Crippen LogP contribution in [0.5, 0.6) is 0 Å². The zero-order valence-corrected chi connectivity index (χ0v) is 11.6. The summed E-state index contributed by atoms with van der Waals surface area (Å²) in [5.74, 6) is -0.231. The molecule has 0 saturated heterocycles. The van der Waals surface area contributed by atoms with Gasteiger partial charge in [0.25, 0.3) is 5.91 Å². The summed E-state index contributed by atoms with van der Waals surface area (Å²) >= 11 is 0. The summed E-state index contributed by atoms with van der Waals surface area (Å²) in [6.45, 7) is 1.92. The fourth-order valence-electron chi connectivity index (χ4n) is 2.28. The Morgan fingerprint density at radius 1 is 1.10 bits per heavy atom. The Labute approximate surface area is 122 Å². The Hall–Kier alpha value is -2.88. The van der Waals surface area contributed by atoms with Crippen LogP contribution in [0, 0.1) is 6.92 Å². The van der Waals surface area contributed by atoms with Gasteiger partial charge in [0.1, 0.15) is 0 Å². The number of amides is 1. The zero-order valence-electron chi connectivity index (χ0n) is 11.6. The summed E-state index contributed by atoms with van der Waals surface area (Å²) in [6, 6.07) is 13.3. The lowest BCUT2D eigenvalue weighted by Crippen LogP contribution is -2.14. The molecule has 0 atom stereocenters. The number of aryl methyl sites for hydroxylation is 1. The number of aromatic nitrogens is 1. The van der Waals surface area contributed by atoms with Gasteiger partial charge in [-0.15, -0.1) is 0 Å². The maximum atomic E-state index is 12.4. The van der Waals surface area contributed by atoms with Crippen LogP contribution >= 0.6 is 0 Å². The van der Waals surface area contributed by atoms with E-state index in [-0.39, 0.29) is 5.91 Å². The second kappa shape index (κ2) is 5.25. The number of anilines is 2. The summed E-state index contributed by atoms with van der Waals surface area (Å²) in [5.41, 5.74) is 8.57. The van der Waals surface area contributed by atoms with Gasteiger partial charge in [0, 0.05) is 11.9 Å². The first kappa shape index (κ1) is 13.1. The minimum Gasteiger partial charge on any atom is -0.398 e. The van der Waals surface area contributed by atoms with Crippen molar-refractivity contribution in [2.75, 3.05) is 11.1 Å². The fourth-order valence-corrected chi connectivity index (χ4v) is 2.28. The molecule has 0 saturated carbocycles. The molecule has 3 aromatic rings. The van der Waals surface area contributed by atoms with Gasteiger partial charge in [0.15, 0.2) is 0 Å². The molecule has 104 valence electrons. The van der Waals surface area contributed by atoms with Gasteiger partial charge >= 0.3 is 0 Å². The highest BCUT2D eigenvalue weighted by Crippen LogP contribution is 2.22. The lowest BCUT2D eigenvalue weighted by molar-refractivity contribution is 0.102. The number of nitrogen functional groups attached to an aromatic ring is 1. The molecule has 0 aliphatic carbocycles. The first-order valence-electron chi connectivity index (χ1n) is 6.65. The summed E-state index contributed by atoms with van der Waals surface area (Å²) in [5, 5.41) is 4.83. The summed E-state index contributed by atoms with van der Waals surface area (Å²) in [7, 11) is 0. The maximum Gasteiger partial charge on any atom is 0.257 e. The fraction of sp³-hybridized carbons (Fsp3) is 0.0588. The molecule has 0 spiro atoms. The van der Waals surface area contributed by atoms with Crippen molar-refractivity contribution in [3.05, 3.63) is 66.0 Å². The highest BCUT2D eigenvalue weighted by molar-refractivity contribution is 6.10. The van der Waals surface area contributed by atoms with Crippen molar-refractivity contribution in [2.45, 2.75) is 6.92 Å². The van der Waals surface area contributed by atoms with E-state index in [1.165, 1.54) is 0 Å². The smallest absolute Gasteiger partial charge is 0.257 e. The predicted molar refractivity (Wildman–Crippen MR) is 85.3 cm³/mol. The lowest BCUT2D eigenvalue weighted by Gasteiger charge is -2.09. The third kappa shape index (κ3) is 2.69. The van der Waals surface area contributed by atoms with Crippen molar-refractivity contribution in [3.63, 3.8) is 0 Å². The monoisotopic (exact) mass is 277 g/mol. The molecule has 3 rings (SSSR count). The Morgan fingerprint density at radius 2 is 1.81 bits per heavy atom. The number of nitrogens with two attached hydrogens (primary N) is 1. The van der Waals surface area contributed by atoms with Crippen LogP contribution in [0.4, 0.5) is 11.4 Å². The average Bonchev–Trinajstić information content (AvgIpc) is 2.46. The summed E-state index contributed by atoms with van der Waals surface area (Å²) in [6.07, 6.45) is 3.35. The number of hydrogen-bond donors (Lipinski definition) is 2. The van der Waals surface area contributed by atoms with Crippen LogP contribution in [0.25, 0.3) is 10.8 Å². The van der Waals surface area contributed by atoms with Gasteiger partial charge in [-0.3, -0.25) is 9.78 Å². The number of rotatable bonds is 2. The first-order valence-corrected chi connectivity index (χ1v) is 6.65. The average molecular weight is 277 g/mol. The molecule has 4 nitrogen and oxygen atoms in total. The van der Waals surface area contributed by atoms with Crippen LogP contribution in [0.3, 0.4) is 0 Å². The van der Waals surface area contributed by atoms with Crippen LogP contribution in [0.15, 0.2) is 54.9 Å². The van der Waals surface area contributed by atoms with Gasteiger partial charge in [-0.1, -0.05) is 24.3 Å². The molecule has 2 aromatic carbocycles. The van der Waals surface area contributed by atoms with E-state index in [9.17, 15) is 4.79 Å². The first-order chi connectivity index (χ1) is 10.1. The third-order valence-corrected chi connectivity index (χ3v) is 3.30. The minimum absolute atomic E-state index is 0.231. The standard InChI is InChI=1S/C17H15N3O/c1-11-6-14(10-19-9-11)20-17(21)15-7-12-4-2-3-5-13(12)8-16(15)18/h2-10H,18H2,1H3,(H,20,21). The minimum atomic E-state index is -0.231. The van der Waals surface area contributed by atoms with E-state index in [0.717, 1.165) is 16.3 Å². The molecule has 1 aromatic heterocycles. The predicted octanol–water partition coefficient (Wildman–Crippen LogP) is 3.38. The molecular weight excluding hydrogens is 262 g/mol. The van der Waals surface area contributed by atoms with Gasteiger partial charge < -0.3 is 11.1 Å². The molecule has 3 N–H and O–H groups in total. The molecule has 1 heterocycles. The van der Waals surface area contributed by atoms with Gasteiger partial charge in [0.05, 0.1) is 17.4 Å². The highest BCUT2D eigenvalue weighted by Gasteiger charge is 2.11. The van der Waals surface area contributed by atoms with E-state index in [4.69, 9.17) is 5.73 Å². The van der Waals surface area contributed by atoms with E-state index < -0.39 is 0 Å². The summed E-state index contributed by atoms with van der Waals surface area (Å²) in [4.78, 5) is 16.4. The van der Waals surface area contributed by atoms with Crippen molar-refractivity contribution in [2.24, 2.45) is 0 Å². The Bertz CT molecular complexity index is 827. The van der Waals surface area contributed by atoms with Crippen molar-refractivity contribution < 1.29 is 4.79 Å². The second-order valence-corrected chi connectivity index (χ2v) is 4.99. The zero-order chi connectivity index (χ0) is 14.8. The number of fused-ring (bicyclic) bond motifs is 1. The number of nitrogens with zero attached hydrogens (tertiary/aromatic N) is 1. The van der Waals surface area contributed by atoms with Gasteiger partial charge in [0.2, 0.25) is 0 Å². The number of nitrogens with one attached hydrogen (secondary N) is 1. The van der Waals surface area contributed by atoms with Crippen LogP contribution in [-0.2, 0) is 0 Å². The van der Waals surface area contributed by atoms with E-state index in [2.05, 4.69) is 10.3 Å². The molecular formula is C17H15N3O. The normalized spacial score (nSPS) is 10.5. The Morgan fingerprint density at radius 3 is 2.52 bits per heavy atom. The van der Waals surface area contributed by atoms with Crippen LogP contribution < -0.4 is 11.1 Å². The lowest BCUT2D eigenvalue weighted by atomic mass is 10.0. The van der Waals surface area contributed by atoms with E-state index >= 15 is 0 Å². The van der Waals surface area contributed by atoms with Crippen molar-refractivity contribution in [3.8, 4) is 0 Å².